The summed E-state index contributed by atoms with van der Waals surface area (Å²) in [4.78, 5) is 11.7. The molecule has 5 heteroatoms. The van der Waals surface area contributed by atoms with Crippen molar-refractivity contribution >= 4 is 12.1 Å². The van der Waals surface area contributed by atoms with Gasteiger partial charge < -0.3 is 4.74 Å². The molecule has 2 aromatic rings. The number of hydrogen-bond donors (Lipinski definition) is 1. The second-order valence-electron chi connectivity index (χ2n) is 3.98. The van der Waals surface area contributed by atoms with Gasteiger partial charge in [0.25, 0.3) is 5.91 Å². The highest BCUT2D eigenvalue weighted by molar-refractivity contribution is 5.94. The van der Waals surface area contributed by atoms with E-state index in [2.05, 4.69) is 10.5 Å². The van der Waals surface area contributed by atoms with Crippen molar-refractivity contribution in [2.24, 2.45) is 5.10 Å². The first kappa shape index (κ1) is 13.7. The number of halogens is 1. The van der Waals surface area contributed by atoms with Crippen LogP contribution in [0.15, 0.2) is 53.6 Å². The lowest BCUT2D eigenvalue weighted by Crippen LogP contribution is -2.17. The van der Waals surface area contributed by atoms with Crippen molar-refractivity contribution in [1.29, 1.82) is 0 Å². The van der Waals surface area contributed by atoms with Crippen LogP contribution < -0.4 is 10.2 Å². The molecule has 0 aliphatic rings. The Labute approximate surface area is 115 Å². The first-order valence-electron chi connectivity index (χ1n) is 5.92. The Bertz CT molecular complexity index is 624. The monoisotopic (exact) mass is 272 g/mol. The van der Waals surface area contributed by atoms with Crippen molar-refractivity contribution in [2.45, 2.75) is 0 Å². The van der Waals surface area contributed by atoms with E-state index in [0.29, 0.717) is 11.3 Å². The third-order valence-corrected chi connectivity index (χ3v) is 2.58. The normalized spacial score (nSPS) is 10.5. The van der Waals surface area contributed by atoms with E-state index < -0.39 is 5.91 Å². The Morgan fingerprint density at radius 3 is 2.70 bits per heavy atom. The van der Waals surface area contributed by atoms with E-state index in [4.69, 9.17) is 4.74 Å². The van der Waals surface area contributed by atoms with E-state index in [9.17, 15) is 9.18 Å². The molecule has 0 bridgehead atoms. The average Bonchev–Trinajstić information content (AvgIpc) is 2.48. The Balaban J connectivity index is 1.98. The number of benzene rings is 2. The first-order chi connectivity index (χ1) is 9.69. The molecule has 0 aliphatic heterocycles. The summed E-state index contributed by atoms with van der Waals surface area (Å²) < 4.78 is 17.8. The highest BCUT2D eigenvalue weighted by Crippen LogP contribution is 2.10. The molecule has 0 aliphatic carbocycles. The van der Waals surface area contributed by atoms with E-state index >= 15 is 0 Å². The second-order valence-corrected chi connectivity index (χ2v) is 3.98. The fraction of sp³-hybridized carbons (Fsp3) is 0.0667. The number of methoxy groups -OCH3 is 1. The van der Waals surface area contributed by atoms with Gasteiger partial charge in [0.05, 0.1) is 13.3 Å². The van der Waals surface area contributed by atoms with Crippen molar-refractivity contribution in [3.05, 3.63) is 65.5 Å². The van der Waals surface area contributed by atoms with Gasteiger partial charge in [-0.25, -0.2) is 9.82 Å². The molecule has 0 saturated carbocycles. The highest BCUT2D eigenvalue weighted by atomic mass is 19.1. The van der Waals surface area contributed by atoms with Crippen LogP contribution in [0, 0.1) is 5.82 Å². The molecule has 4 nitrogen and oxygen atoms in total. The SMILES string of the molecule is COc1cccc(/C=N/NC(=O)c2ccc(F)cc2)c1. The standard InChI is InChI=1S/C15H13FN2O2/c1-20-14-4-2-3-11(9-14)10-17-18-15(19)12-5-7-13(16)8-6-12/h2-10H,1H3,(H,18,19)/b17-10+. The number of ether oxygens (including phenoxy) is 1. The van der Waals surface area contributed by atoms with Gasteiger partial charge in [-0.3, -0.25) is 4.79 Å². The number of rotatable bonds is 4. The summed E-state index contributed by atoms with van der Waals surface area (Å²) in [6, 6.07) is 12.5. The Kier molecular flexibility index (Phi) is 4.44. The number of nitrogens with one attached hydrogen (secondary N) is 1. The lowest BCUT2D eigenvalue weighted by atomic mass is 10.2. The predicted octanol–water partition coefficient (Wildman–Crippen LogP) is 2.60. The maximum atomic E-state index is 12.7. The predicted molar refractivity (Wildman–Crippen MR) is 74.5 cm³/mol. The molecule has 0 heterocycles. The molecular weight excluding hydrogens is 259 g/mol. The largest absolute Gasteiger partial charge is 0.497 e. The maximum absolute atomic E-state index is 12.7. The summed E-state index contributed by atoms with van der Waals surface area (Å²) >= 11 is 0. The van der Waals surface area contributed by atoms with E-state index in [1.807, 2.05) is 18.2 Å². The Hall–Kier alpha value is -2.69. The number of carbonyl (C=O) groups excluding carboxylic acids is 1. The summed E-state index contributed by atoms with van der Waals surface area (Å²) in [6.45, 7) is 0. The van der Waals surface area contributed by atoms with Crippen molar-refractivity contribution in [3.63, 3.8) is 0 Å². The molecule has 1 N–H and O–H groups in total. The van der Waals surface area contributed by atoms with Crippen LogP contribution >= 0.6 is 0 Å². The zero-order chi connectivity index (χ0) is 14.4. The minimum absolute atomic E-state index is 0.342. The molecule has 1 amide bonds. The first-order valence-corrected chi connectivity index (χ1v) is 5.92. The molecule has 0 aromatic heterocycles. The number of hydrogen-bond acceptors (Lipinski definition) is 3. The summed E-state index contributed by atoms with van der Waals surface area (Å²) in [5.41, 5.74) is 3.51. The third kappa shape index (κ3) is 3.65. The van der Waals surface area contributed by atoms with E-state index in [1.54, 1.807) is 13.2 Å². The average molecular weight is 272 g/mol. The molecule has 0 spiro atoms. The number of carbonyl (C=O) groups is 1. The minimum Gasteiger partial charge on any atom is -0.497 e. The quantitative estimate of drug-likeness (QED) is 0.687. The maximum Gasteiger partial charge on any atom is 0.271 e. The fourth-order valence-electron chi connectivity index (χ4n) is 1.55. The Morgan fingerprint density at radius 1 is 1.25 bits per heavy atom. The molecule has 20 heavy (non-hydrogen) atoms. The van der Waals surface area contributed by atoms with Gasteiger partial charge in [-0.1, -0.05) is 12.1 Å². The number of hydrazone groups is 1. The van der Waals surface area contributed by atoms with Crippen LogP contribution in [0.4, 0.5) is 4.39 Å². The van der Waals surface area contributed by atoms with Gasteiger partial charge in [-0.2, -0.15) is 5.10 Å². The minimum atomic E-state index is -0.399. The molecule has 0 radical (unpaired) electrons. The second kappa shape index (κ2) is 6.47. The van der Waals surface area contributed by atoms with Crippen LogP contribution in [0.25, 0.3) is 0 Å². The zero-order valence-electron chi connectivity index (χ0n) is 10.8. The van der Waals surface area contributed by atoms with Crippen LogP contribution in [-0.4, -0.2) is 19.2 Å². The summed E-state index contributed by atoms with van der Waals surface area (Å²) in [7, 11) is 1.58. The fourth-order valence-corrected chi connectivity index (χ4v) is 1.55. The van der Waals surface area contributed by atoms with Crippen molar-refractivity contribution in [3.8, 4) is 5.75 Å². The van der Waals surface area contributed by atoms with E-state index in [-0.39, 0.29) is 5.82 Å². The van der Waals surface area contributed by atoms with Gasteiger partial charge in [0, 0.05) is 5.56 Å². The lowest BCUT2D eigenvalue weighted by molar-refractivity contribution is 0.0955. The summed E-state index contributed by atoms with van der Waals surface area (Å²) in [6.07, 6.45) is 1.50. The van der Waals surface area contributed by atoms with Gasteiger partial charge in [0.15, 0.2) is 0 Å². The topological polar surface area (TPSA) is 50.7 Å². The van der Waals surface area contributed by atoms with Crippen LogP contribution in [0.1, 0.15) is 15.9 Å². The van der Waals surface area contributed by atoms with E-state index in [1.165, 1.54) is 30.5 Å². The van der Waals surface area contributed by atoms with Crippen molar-refractivity contribution in [1.82, 2.24) is 5.43 Å². The van der Waals surface area contributed by atoms with Crippen LogP contribution in [0.5, 0.6) is 5.75 Å². The van der Waals surface area contributed by atoms with Crippen LogP contribution in [0.3, 0.4) is 0 Å². The van der Waals surface area contributed by atoms with Gasteiger partial charge in [-0.15, -0.1) is 0 Å². The molecule has 2 rings (SSSR count). The van der Waals surface area contributed by atoms with Gasteiger partial charge in [0.2, 0.25) is 0 Å². The number of nitrogens with zero attached hydrogens (tertiary/aromatic N) is 1. The van der Waals surface area contributed by atoms with Gasteiger partial charge in [-0.05, 0) is 42.0 Å². The molecule has 0 unspecified atom stereocenters. The smallest absolute Gasteiger partial charge is 0.271 e. The van der Waals surface area contributed by atoms with Gasteiger partial charge >= 0.3 is 0 Å². The number of amides is 1. The summed E-state index contributed by atoms with van der Waals surface area (Å²) in [5.74, 6) is -0.0793. The third-order valence-electron chi connectivity index (χ3n) is 2.58. The zero-order valence-corrected chi connectivity index (χ0v) is 10.8. The molecule has 0 saturated heterocycles. The van der Waals surface area contributed by atoms with E-state index in [0.717, 1.165) is 5.56 Å². The van der Waals surface area contributed by atoms with Crippen molar-refractivity contribution < 1.29 is 13.9 Å². The molecular formula is C15H13FN2O2. The van der Waals surface area contributed by atoms with Crippen molar-refractivity contribution in [2.75, 3.05) is 7.11 Å². The lowest BCUT2D eigenvalue weighted by Gasteiger charge is -2.01. The molecule has 102 valence electrons. The molecule has 0 fully saturated rings. The molecule has 0 atom stereocenters. The molecule has 2 aromatic carbocycles. The van der Waals surface area contributed by atoms with Crippen LogP contribution in [-0.2, 0) is 0 Å². The summed E-state index contributed by atoms with van der Waals surface area (Å²) in [5, 5.41) is 3.84. The van der Waals surface area contributed by atoms with Crippen LogP contribution in [0.2, 0.25) is 0 Å². The van der Waals surface area contributed by atoms with Gasteiger partial charge in [0.1, 0.15) is 11.6 Å². The Morgan fingerprint density at radius 2 is 2.00 bits per heavy atom. The highest BCUT2D eigenvalue weighted by Gasteiger charge is 2.03.